The maximum absolute atomic E-state index is 13.2. The SMILES string of the molecule is N#CCCN(C(=O)COC(=O)c1ccc2ncsc2c1)C12CC3CC(CC(C3)C1)C2. The molecule has 4 saturated carbocycles. The highest BCUT2D eigenvalue weighted by Crippen LogP contribution is 2.57. The maximum atomic E-state index is 13.2. The minimum atomic E-state index is -0.496. The number of ether oxygens (including phenoxy) is 1. The number of esters is 1. The zero-order chi connectivity index (χ0) is 20.7. The van der Waals surface area contributed by atoms with Gasteiger partial charge >= 0.3 is 5.97 Å². The molecule has 0 radical (unpaired) electrons. The van der Waals surface area contributed by atoms with Crippen molar-refractivity contribution in [2.75, 3.05) is 13.2 Å². The highest BCUT2D eigenvalue weighted by Gasteiger charge is 2.54. The number of rotatable bonds is 6. The van der Waals surface area contributed by atoms with Gasteiger partial charge in [0, 0.05) is 12.1 Å². The molecule has 6 nitrogen and oxygen atoms in total. The fourth-order valence-corrected chi connectivity index (χ4v) is 7.17. The molecule has 156 valence electrons. The van der Waals surface area contributed by atoms with Crippen molar-refractivity contribution in [2.45, 2.75) is 50.5 Å². The first kappa shape index (κ1) is 19.5. The van der Waals surface area contributed by atoms with Crippen LogP contribution in [0.25, 0.3) is 10.2 Å². The molecule has 0 unspecified atom stereocenters. The normalized spacial score (nSPS) is 29.0. The van der Waals surface area contributed by atoms with Gasteiger partial charge in [0.05, 0.1) is 33.8 Å². The Balaban J connectivity index is 1.29. The van der Waals surface area contributed by atoms with Crippen LogP contribution in [0.3, 0.4) is 0 Å². The van der Waals surface area contributed by atoms with Crippen LogP contribution in [-0.4, -0.2) is 40.5 Å². The molecule has 4 aliphatic rings. The van der Waals surface area contributed by atoms with Gasteiger partial charge in [-0.2, -0.15) is 5.26 Å². The molecule has 1 aromatic carbocycles. The van der Waals surface area contributed by atoms with Crippen LogP contribution in [0, 0.1) is 29.1 Å². The average Bonchev–Trinajstić information content (AvgIpc) is 3.19. The van der Waals surface area contributed by atoms with Gasteiger partial charge in [0.25, 0.3) is 5.91 Å². The smallest absolute Gasteiger partial charge is 0.338 e. The number of amides is 1. The molecule has 4 bridgehead atoms. The first-order chi connectivity index (χ1) is 14.6. The second kappa shape index (κ2) is 7.66. The van der Waals surface area contributed by atoms with Crippen LogP contribution in [0.2, 0.25) is 0 Å². The first-order valence-corrected chi connectivity index (χ1v) is 11.6. The Kier molecular flexibility index (Phi) is 4.98. The van der Waals surface area contributed by atoms with E-state index >= 15 is 0 Å². The number of carbonyl (C=O) groups is 2. The molecule has 4 aliphatic carbocycles. The summed E-state index contributed by atoms with van der Waals surface area (Å²) in [5.41, 5.74) is 2.87. The van der Waals surface area contributed by atoms with Gasteiger partial charge in [0.1, 0.15) is 0 Å². The van der Waals surface area contributed by atoms with Crippen molar-refractivity contribution >= 4 is 33.4 Å². The summed E-state index contributed by atoms with van der Waals surface area (Å²) in [5, 5.41) is 9.14. The van der Waals surface area contributed by atoms with E-state index in [0.29, 0.717) is 36.3 Å². The molecular weight excluding hydrogens is 398 g/mol. The summed E-state index contributed by atoms with van der Waals surface area (Å²) in [6.07, 6.45) is 7.27. The average molecular weight is 424 g/mol. The van der Waals surface area contributed by atoms with Crippen molar-refractivity contribution in [3.05, 3.63) is 29.3 Å². The van der Waals surface area contributed by atoms with E-state index in [9.17, 15) is 9.59 Å². The molecule has 30 heavy (non-hydrogen) atoms. The van der Waals surface area contributed by atoms with Crippen molar-refractivity contribution in [3.63, 3.8) is 0 Å². The summed E-state index contributed by atoms with van der Waals surface area (Å²) in [5.74, 6) is 1.43. The molecule has 7 heteroatoms. The van der Waals surface area contributed by atoms with Crippen LogP contribution in [0.5, 0.6) is 0 Å². The third-order valence-electron chi connectivity index (χ3n) is 7.22. The van der Waals surface area contributed by atoms with E-state index in [1.165, 1.54) is 30.6 Å². The number of nitriles is 1. The van der Waals surface area contributed by atoms with E-state index in [0.717, 1.165) is 29.5 Å². The fraction of sp³-hybridized carbons (Fsp3) is 0.565. The Labute approximate surface area is 179 Å². The largest absolute Gasteiger partial charge is 0.452 e. The van der Waals surface area contributed by atoms with Crippen LogP contribution in [-0.2, 0) is 9.53 Å². The van der Waals surface area contributed by atoms with E-state index in [-0.39, 0.29) is 18.1 Å². The third-order valence-corrected chi connectivity index (χ3v) is 8.01. The van der Waals surface area contributed by atoms with Gasteiger partial charge in [-0.15, -0.1) is 11.3 Å². The first-order valence-electron chi connectivity index (χ1n) is 10.7. The molecule has 0 spiro atoms. The maximum Gasteiger partial charge on any atom is 0.338 e. The minimum absolute atomic E-state index is 0.142. The van der Waals surface area contributed by atoms with E-state index in [2.05, 4.69) is 11.1 Å². The topological polar surface area (TPSA) is 83.3 Å². The van der Waals surface area contributed by atoms with Crippen LogP contribution < -0.4 is 0 Å². The summed E-state index contributed by atoms with van der Waals surface area (Å²) in [4.78, 5) is 31.9. The number of benzene rings is 1. The van der Waals surface area contributed by atoms with Gasteiger partial charge in [-0.3, -0.25) is 4.79 Å². The molecular formula is C23H25N3O3S. The second-order valence-electron chi connectivity index (χ2n) is 9.21. The van der Waals surface area contributed by atoms with Crippen LogP contribution >= 0.6 is 11.3 Å². The predicted molar refractivity (Wildman–Crippen MR) is 113 cm³/mol. The number of fused-ring (bicyclic) bond motifs is 1. The summed E-state index contributed by atoms with van der Waals surface area (Å²) in [6, 6.07) is 7.41. The number of hydrogen-bond acceptors (Lipinski definition) is 6. The highest BCUT2D eigenvalue weighted by atomic mass is 32.1. The molecule has 0 N–H and O–H groups in total. The lowest BCUT2D eigenvalue weighted by Crippen LogP contribution is -2.62. The van der Waals surface area contributed by atoms with Gasteiger partial charge in [0.15, 0.2) is 6.61 Å². The van der Waals surface area contributed by atoms with Crippen LogP contribution in [0.4, 0.5) is 0 Å². The lowest BCUT2D eigenvalue weighted by Gasteiger charge is -2.60. The van der Waals surface area contributed by atoms with Gasteiger partial charge in [-0.25, -0.2) is 9.78 Å². The second-order valence-corrected chi connectivity index (χ2v) is 10.1. The van der Waals surface area contributed by atoms with E-state index in [1.807, 2.05) is 4.90 Å². The monoisotopic (exact) mass is 423 g/mol. The van der Waals surface area contributed by atoms with Crippen LogP contribution in [0.1, 0.15) is 55.3 Å². The summed E-state index contributed by atoms with van der Waals surface area (Å²) >= 11 is 1.46. The van der Waals surface area contributed by atoms with Crippen molar-refractivity contribution < 1.29 is 14.3 Å². The van der Waals surface area contributed by atoms with E-state index in [1.54, 1.807) is 23.7 Å². The quantitative estimate of drug-likeness (QED) is 0.652. The zero-order valence-corrected chi connectivity index (χ0v) is 17.7. The number of thiazole rings is 1. The molecule has 1 heterocycles. The number of nitrogens with zero attached hydrogens (tertiary/aromatic N) is 3. The van der Waals surface area contributed by atoms with Crippen molar-refractivity contribution in [2.24, 2.45) is 17.8 Å². The van der Waals surface area contributed by atoms with E-state index in [4.69, 9.17) is 10.00 Å². The molecule has 4 fully saturated rings. The molecule has 0 aliphatic heterocycles. The fourth-order valence-electron chi connectivity index (χ4n) is 6.45. The lowest BCUT2D eigenvalue weighted by molar-refractivity contribution is -0.153. The summed E-state index contributed by atoms with van der Waals surface area (Å²) < 4.78 is 6.33. The van der Waals surface area contributed by atoms with Crippen molar-refractivity contribution in [1.29, 1.82) is 5.26 Å². The Morgan fingerprint density at radius 1 is 1.20 bits per heavy atom. The van der Waals surface area contributed by atoms with Crippen LogP contribution in [0.15, 0.2) is 23.7 Å². The zero-order valence-electron chi connectivity index (χ0n) is 16.9. The third kappa shape index (κ3) is 3.47. The summed E-state index contributed by atoms with van der Waals surface area (Å²) in [7, 11) is 0. The Bertz CT molecular complexity index is 989. The van der Waals surface area contributed by atoms with Gasteiger partial charge in [-0.1, -0.05) is 0 Å². The summed E-state index contributed by atoms with van der Waals surface area (Å²) in [6.45, 7) is 0.151. The molecule has 1 aromatic heterocycles. The Hall–Kier alpha value is -2.46. The van der Waals surface area contributed by atoms with Gasteiger partial charge in [0.2, 0.25) is 0 Å². The standard InChI is InChI=1S/C23H25N3O3S/c24-4-1-5-26(23-10-15-6-16(11-23)8-17(7-15)12-23)21(27)13-29-22(28)18-2-3-19-20(9-18)30-14-25-19/h2-3,9,14-17H,1,5-8,10-13H2. The van der Waals surface area contributed by atoms with E-state index < -0.39 is 5.97 Å². The van der Waals surface area contributed by atoms with Crippen molar-refractivity contribution in [1.82, 2.24) is 9.88 Å². The predicted octanol–water partition coefficient (Wildman–Crippen LogP) is 4.16. The molecule has 2 aromatic rings. The molecule has 0 atom stereocenters. The minimum Gasteiger partial charge on any atom is -0.452 e. The number of hydrogen-bond donors (Lipinski definition) is 0. The lowest BCUT2D eigenvalue weighted by atomic mass is 9.52. The molecule has 6 rings (SSSR count). The molecule has 1 amide bonds. The number of carbonyl (C=O) groups excluding carboxylic acids is 2. The molecule has 0 saturated heterocycles. The van der Waals surface area contributed by atoms with Gasteiger partial charge in [-0.05, 0) is 74.5 Å². The highest BCUT2D eigenvalue weighted by molar-refractivity contribution is 7.16. The number of aromatic nitrogens is 1. The van der Waals surface area contributed by atoms with Crippen molar-refractivity contribution in [3.8, 4) is 6.07 Å². The Morgan fingerprint density at radius 3 is 2.57 bits per heavy atom. The van der Waals surface area contributed by atoms with Gasteiger partial charge < -0.3 is 9.64 Å². The Morgan fingerprint density at radius 2 is 1.90 bits per heavy atom.